The molecule has 2 aromatic carbocycles. The zero-order chi connectivity index (χ0) is 22.0. The molecule has 2 aromatic rings. The highest BCUT2D eigenvalue weighted by Gasteiger charge is 2.45. The van der Waals surface area contributed by atoms with Crippen LogP contribution in [0.15, 0.2) is 48.0 Å². The van der Waals surface area contributed by atoms with E-state index in [-0.39, 0.29) is 17.1 Å². The maximum Gasteiger partial charge on any atom is 0.295 e. The Bertz CT molecular complexity index is 1020. The van der Waals surface area contributed by atoms with Crippen LogP contribution >= 0.6 is 0 Å². The van der Waals surface area contributed by atoms with E-state index in [4.69, 9.17) is 0 Å². The number of phenolic OH excluding ortho intramolecular Hbond substituents is 1. The quantitative estimate of drug-likeness (QED) is 0.303. The van der Waals surface area contributed by atoms with Crippen LogP contribution in [0.5, 0.6) is 5.75 Å². The van der Waals surface area contributed by atoms with Gasteiger partial charge >= 0.3 is 0 Å². The van der Waals surface area contributed by atoms with Crippen molar-refractivity contribution in [2.75, 3.05) is 6.54 Å². The summed E-state index contributed by atoms with van der Waals surface area (Å²) in [5.41, 5.74) is 3.90. The highest BCUT2D eigenvalue weighted by molar-refractivity contribution is 6.46. The molecule has 1 heterocycles. The molecule has 0 bridgehead atoms. The molecule has 1 aliphatic heterocycles. The Balaban J connectivity index is 1.79. The van der Waals surface area contributed by atoms with E-state index in [1.54, 1.807) is 29.2 Å². The van der Waals surface area contributed by atoms with E-state index in [9.17, 15) is 19.8 Å². The number of aliphatic hydroxyl groups excluding tert-OH is 1. The molecule has 2 N–H and O–H groups in total. The molecule has 1 unspecified atom stereocenters. The van der Waals surface area contributed by atoms with Gasteiger partial charge in [-0.25, -0.2) is 0 Å². The molecule has 2 aliphatic rings. The number of carbonyl (C=O) groups excluding carboxylic acids is 2. The number of carbonyl (C=O) groups is 2. The van der Waals surface area contributed by atoms with Gasteiger partial charge in [-0.2, -0.15) is 0 Å². The number of Topliss-reactive ketones (excluding diaryl/α,β-unsaturated/α-hetero) is 1. The summed E-state index contributed by atoms with van der Waals surface area (Å²) < 4.78 is 0. The molecule has 1 fully saturated rings. The minimum absolute atomic E-state index is 0.112. The molecule has 1 aliphatic carbocycles. The summed E-state index contributed by atoms with van der Waals surface area (Å²) in [5.74, 6) is -1.23. The summed E-state index contributed by atoms with van der Waals surface area (Å²) in [7, 11) is 0. The van der Waals surface area contributed by atoms with E-state index in [0.29, 0.717) is 17.7 Å². The van der Waals surface area contributed by atoms with Gasteiger partial charge in [0.25, 0.3) is 11.7 Å². The van der Waals surface area contributed by atoms with Crippen LogP contribution in [0.25, 0.3) is 5.76 Å². The lowest BCUT2D eigenvalue weighted by Crippen LogP contribution is -2.30. The Morgan fingerprint density at radius 2 is 1.71 bits per heavy atom. The van der Waals surface area contributed by atoms with Gasteiger partial charge in [0, 0.05) is 12.1 Å². The number of amides is 1. The first-order chi connectivity index (χ1) is 15.0. The monoisotopic (exact) mass is 419 g/mol. The first-order valence-corrected chi connectivity index (χ1v) is 11.2. The van der Waals surface area contributed by atoms with Crippen molar-refractivity contribution in [2.24, 2.45) is 0 Å². The molecule has 1 saturated heterocycles. The predicted molar refractivity (Wildman–Crippen MR) is 120 cm³/mol. The first-order valence-electron chi connectivity index (χ1n) is 11.2. The van der Waals surface area contributed by atoms with Gasteiger partial charge in [0.05, 0.1) is 11.6 Å². The van der Waals surface area contributed by atoms with E-state index in [1.807, 2.05) is 18.2 Å². The number of hydrogen-bond donors (Lipinski definition) is 2. The van der Waals surface area contributed by atoms with Gasteiger partial charge < -0.3 is 15.1 Å². The summed E-state index contributed by atoms with van der Waals surface area (Å²) in [6, 6.07) is 11.7. The number of phenols is 1. The summed E-state index contributed by atoms with van der Waals surface area (Å²) in [6.45, 7) is 2.53. The van der Waals surface area contributed by atoms with Crippen LogP contribution in [0.3, 0.4) is 0 Å². The van der Waals surface area contributed by atoms with Crippen molar-refractivity contribution in [3.8, 4) is 5.75 Å². The van der Waals surface area contributed by atoms with Gasteiger partial charge in [0.1, 0.15) is 11.5 Å². The van der Waals surface area contributed by atoms with Gasteiger partial charge in [-0.15, -0.1) is 0 Å². The van der Waals surface area contributed by atoms with Crippen molar-refractivity contribution in [2.45, 2.75) is 57.9 Å². The number of nitrogens with zero attached hydrogens (tertiary/aromatic N) is 1. The Hall–Kier alpha value is -3.08. The fourth-order valence-corrected chi connectivity index (χ4v) is 4.68. The SMILES string of the molecule is CCCCCN1C(=O)C(=O)/C(=C(\O)c2ccc3c(c2)CCCC3)C1c1ccc(O)cc1. The lowest BCUT2D eigenvalue weighted by atomic mass is 9.88. The maximum atomic E-state index is 13.0. The van der Waals surface area contributed by atoms with Crippen LogP contribution in [0, 0.1) is 0 Å². The third kappa shape index (κ3) is 4.09. The number of fused-ring (bicyclic) bond motifs is 1. The number of aliphatic hydroxyl groups is 1. The molecule has 5 nitrogen and oxygen atoms in total. The zero-order valence-electron chi connectivity index (χ0n) is 17.9. The van der Waals surface area contributed by atoms with Crippen molar-refractivity contribution in [3.63, 3.8) is 0 Å². The van der Waals surface area contributed by atoms with E-state index in [1.165, 1.54) is 17.5 Å². The van der Waals surface area contributed by atoms with Crippen LogP contribution in [0.4, 0.5) is 0 Å². The highest BCUT2D eigenvalue weighted by atomic mass is 16.3. The van der Waals surface area contributed by atoms with Crippen LogP contribution in [0.1, 0.15) is 67.3 Å². The van der Waals surface area contributed by atoms with Crippen LogP contribution in [-0.4, -0.2) is 33.3 Å². The lowest BCUT2D eigenvalue weighted by molar-refractivity contribution is -0.139. The van der Waals surface area contributed by atoms with Gasteiger partial charge in [-0.05, 0) is 67.0 Å². The molecular weight excluding hydrogens is 390 g/mol. The first kappa shape index (κ1) is 21.2. The van der Waals surface area contributed by atoms with Crippen LogP contribution in [-0.2, 0) is 22.4 Å². The number of aromatic hydroxyl groups is 1. The standard InChI is InChI=1S/C26H29NO4/c1-2-3-6-15-27-23(18-11-13-21(28)14-12-18)22(25(30)26(27)31)24(29)20-10-9-17-7-4-5-8-19(17)16-20/h9-14,16,23,28-29H,2-8,15H2,1H3/b24-22-. The molecule has 31 heavy (non-hydrogen) atoms. The third-order valence-corrected chi connectivity index (χ3v) is 6.37. The molecule has 0 aromatic heterocycles. The summed E-state index contributed by atoms with van der Waals surface area (Å²) >= 11 is 0. The number of hydrogen-bond acceptors (Lipinski definition) is 4. The van der Waals surface area contributed by atoms with Gasteiger partial charge in [0.2, 0.25) is 0 Å². The fraction of sp³-hybridized carbons (Fsp3) is 0.385. The number of unbranched alkanes of at least 4 members (excludes halogenated alkanes) is 2. The Kier molecular flexibility index (Phi) is 6.12. The smallest absolute Gasteiger partial charge is 0.295 e. The van der Waals surface area contributed by atoms with Gasteiger partial charge in [-0.1, -0.05) is 44.0 Å². The summed E-state index contributed by atoms with van der Waals surface area (Å²) in [4.78, 5) is 27.5. The van der Waals surface area contributed by atoms with Crippen molar-refractivity contribution < 1.29 is 19.8 Å². The highest BCUT2D eigenvalue weighted by Crippen LogP contribution is 2.40. The minimum Gasteiger partial charge on any atom is -0.508 e. The van der Waals surface area contributed by atoms with Crippen molar-refractivity contribution in [3.05, 3.63) is 70.3 Å². The lowest BCUT2D eigenvalue weighted by Gasteiger charge is -2.25. The number of ketones is 1. The third-order valence-electron chi connectivity index (χ3n) is 6.37. The normalized spacial score (nSPS) is 20.2. The van der Waals surface area contributed by atoms with Crippen LogP contribution < -0.4 is 0 Å². The molecule has 5 heteroatoms. The Morgan fingerprint density at radius 1 is 1.00 bits per heavy atom. The molecule has 1 amide bonds. The Morgan fingerprint density at radius 3 is 2.42 bits per heavy atom. The number of rotatable bonds is 6. The molecule has 4 rings (SSSR count). The molecule has 0 saturated carbocycles. The molecular formula is C26H29NO4. The second-order valence-electron chi connectivity index (χ2n) is 8.48. The molecule has 162 valence electrons. The number of aryl methyl sites for hydroxylation is 2. The summed E-state index contributed by atoms with van der Waals surface area (Å²) in [5, 5.41) is 20.9. The maximum absolute atomic E-state index is 13.0. The fourth-order valence-electron chi connectivity index (χ4n) is 4.68. The van der Waals surface area contributed by atoms with Gasteiger partial charge in [-0.3, -0.25) is 9.59 Å². The largest absolute Gasteiger partial charge is 0.508 e. The number of likely N-dealkylation sites (tertiary alicyclic amines) is 1. The second-order valence-corrected chi connectivity index (χ2v) is 8.48. The van der Waals surface area contributed by atoms with E-state index in [0.717, 1.165) is 38.5 Å². The zero-order valence-corrected chi connectivity index (χ0v) is 17.9. The van der Waals surface area contributed by atoms with Crippen molar-refractivity contribution >= 4 is 17.4 Å². The van der Waals surface area contributed by atoms with Gasteiger partial charge in [0.15, 0.2) is 0 Å². The average molecular weight is 420 g/mol. The minimum atomic E-state index is -0.659. The van der Waals surface area contributed by atoms with E-state index in [2.05, 4.69) is 6.92 Å². The molecule has 1 atom stereocenters. The Labute approximate surface area is 183 Å². The van der Waals surface area contributed by atoms with Crippen molar-refractivity contribution in [1.82, 2.24) is 4.90 Å². The summed E-state index contributed by atoms with van der Waals surface area (Å²) in [6.07, 6.45) is 7.03. The number of benzene rings is 2. The van der Waals surface area contributed by atoms with Crippen LogP contribution in [0.2, 0.25) is 0 Å². The molecule has 0 radical (unpaired) electrons. The second kappa shape index (κ2) is 8.96. The molecule has 0 spiro atoms. The predicted octanol–water partition coefficient (Wildman–Crippen LogP) is 4.88. The topological polar surface area (TPSA) is 77.8 Å². The van der Waals surface area contributed by atoms with E-state index < -0.39 is 17.7 Å². The average Bonchev–Trinajstić information content (AvgIpc) is 3.04. The van der Waals surface area contributed by atoms with Crippen molar-refractivity contribution in [1.29, 1.82) is 0 Å². The van der Waals surface area contributed by atoms with E-state index >= 15 is 0 Å².